The van der Waals surface area contributed by atoms with Gasteiger partial charge in [0.1, 0.15) is 5.75 Å². The van der Waals surface area contributed by atoms with E-state index in [-0.39, 0.29) is 12.5 Å². The van der Waals surface area contributed by atoms with Gasteiger partial charge in [-0.25, -0.2) is 0 Å². The zero-order valence-corrected chi connectivity index (χ0v) is 13.9. The molecule has 3 nitrogen and oxygen atoms in total. The number of carbonyl (C=O) groups is 1. The Kier molecular flexibility index (Phi) is 6.67. The van der Waals surface area contributed by atoms with Crippen LogP contribution in [0, 0.1) is 0 Å². The third-order valence-corrected chi connectivity index (χ3v) is 4.00. The average molecular weight is 311 g/mol. The molecule has 0 fully saturated rings. The molecular formula is C20H25NO2. The Morgan fingerprint density at radius 1 is 1.09 bits per heavy atom. The maximum absolute atomic E-state index is 11.9. The van der Waals surface area contributed by atoms with Crippen LogP contribution in [0.5, 0.6) is 5.75 Å². The number of hydrogen-bond donors (Lipinski definition) is 1. The van der Waals surface area contributed by atoms with E-state index in [9.17, 15) is 4.79 Å². The van der Waals surface area contributed by atoms with Crippen LogP contribution in [0.15, 0.2) is 54.6 Å². The van der Waals surface area contributed by atoms with Crippen LogP contribution < -0.4 is 10.1 Å². The first-order chi connectivity index (χ1) is 11.2. The molecule has 3 heteroatoms. The molecule has 0 bridgehead atoms. The summed E-state index contributed by atoms with van der Waals surface area (Å²) in [5, 5.41) is 2.90. The average Bonchev–Trinajstić information content (AvgIpc) is 2.60. The van der Waals surface area contributed by atoms with Gasteiger partial charge in [0.2, 0.25) is 0 Å². The molecule has 0 saturated heterocycles. The van der Waals surface area contributed by atoms with Gasteiger partial charge in [-0.15, -0.1) is 0 Å². The number of ether oxygens (including phenoxy) is 1. The highest BCUT2D eigenvalue weighted by molar-refractivity contribution is 5.77. The molecule has 1 atom stereocenters. The molecule has 0 aliphatic carbocycles. The van der Waals surface area contributed by atoms with Crippen LogP contribution in [-0.4, -0.2) is 19.1 Å². The van der Waals surface area contributed by atoms with Crippen LogP contribution in [0.4, 0.5) is 0 Å². The maximum atomic E-state index is 11.9. The van der Waals surface area contributed by atoms with E-state index in [2.05, 4.69) is 37.4 Å². The summed E-state index contributed by atoms with van der Waals surface area (Å²) >= 11 is 0. The molecule has 0 spiro atoms. The van der Waals surface area contributed by atoms with Gasteiger partial charge in [-0.1, -0.05) is 62.4 Å². The van der Waals surface area contributed by atoms with E-state index in [1.165, 1.54) is 5.56 Å². The van der Waals surface area contributed by atoms with Gasteiger partial charge in [-0.05, 0) is 36.0 Å². The first-order valence-corrected chi connectivity index (χ1v) is 8.23. The predicted octanol–water partition coefficient (Wildman–Crippen LogP) is 3.94. The second-order valence-electron chi connectivity index (χ2n) is 5.72. The fourth-order valence-corrected chi connectivity index (χ4v) is 2.42. The second-order valence-corrected chi connectivity index (χ2v) is 5.72. The topological polar surface area (TPSA) is 38.3 Å². The van der Waals surface area contributed by atoms with Gasteiger partial charge in [0.15, 0.2) is 6.61 Å². The molecule has 1 unspecified atom stereocenters. The molecule has 0 radical (unpaired) electrons. The Morgan fingerprint density at radius 2 is 1.78 bits per heavy atom. The monoisotopic (exact) mass is 311 g/mol. The molecule has 0 aromatic heterocycles. The Morgan fingerprint density at radius 3 is 2.52 bits per heavy atom. The number of rotatable bonds is 8. The molecule has 1 N–H and O–H groups in total. The van der Waals surface area contributed by atoms with Gasteiger partial charge >= 0.3 is 0 Å². The minimum Gasteiger partial charge on any atom is -0.483 e. The summed E-state index contributed by atoms with van der Waals surface area (Å²) in [6, 6.07) is 18.1. The normalized spacial score (nSPS) is 11.7. The van der Waals surface area contributed by atoms with Crippen molar-refractivity contribution in [2.45, 2.75) is 32.6 Å². The molecule has 2 aromatic carbocycles. The van der Waals surface area contributed by atoms with Crippen LogP contribution >= 0.6 is 0 Å². The summed E-state index contributed by atoms with van der Waals surface area (Å²) in [4.78, 5) is 11.9. The van der Waals surface area contributed by atoms with E-state index in [0.29, 0.717) is 12.5 Å². The van der Waals surface area contributed by atoms with Crippen molar-refractivity contribution in [3.63, 3.8) is 0 Å². The molecule has 1 amide bonds. The zero-order valence-electron chi connectivity index (χ0n) is 13.9. The molecule has 0 aliphatic rings. The largest absolute Gasteiger partial charge is 0.483 e. The molecule has 0 saturated carbocycles. The second kappa shape index (κ2) is 8.99. The molecule has 0 heterocycles. The molecule has 23 heavy (non-hydrogen) atoms. The first-order valence-electron chi connectivity index (χ1n) is 8.23. The summed E-state index contributed by atoms with van der Waals surface area (Å²) in [6.07, 6.45) is 1.87. The maximum Gasteiger partial charge on any atom is 0.257 e. The SMILES string of the molecule is CCC(C)c1ccccc1OCC(=O)NCCc1ccccc1. The van der Waals surface area contributed by atoms with Crippen molar-refractivity contribution >= 4 is 5.91 Å². The number of carbonyl (C=O) groups excluding carboxylic acids is 1. The summed E-state index contributed by atoms with van der Waals surface area (Å²) in [6.45, 7) is 5.00. The van der Waals surface area contributed by atoms with Crippen LogP contribution in [0.1, 0.15) is 37.3 Å². The fraction of sp³-hybridized carbons (Fsp3) is 0.350. The van der Waals surface area contributed by atoms with Crippen molar-refractivity contribution in [1.82, 2.24) is 5.32 Å². The minimum atomic E-state index is -0.0834. The number of benzene rings is 2. The minimum absolute atomic E-state index is 0.0578. The predicted molar refractivity (Wildman–Crippen MR) is 93.8 cm³/mol. The first kappa shape index (κ1) is 17.1. The van der Waals surface area contributed by atoms with Crippen molar-refractivity contribution in [3.8, 4) is 5.75 Å². The van der Waals surface area contributed by atoms with Gasteiger partial charge in [0, 0.05) is 6.54 Å². The molecular weight excluding hydrogens is 286 g/mol. The van der Waals surface area contributed by atoms with Gasteiger partial charge in [0.25, 0.3) is 5.91 Å². The van der Waals surface area contributed by atoms with Crippen molar-refractivity contribution in [2.75, 3.05) is 13.2 Å². The highest BCUT2D eigenvalue weighted by atomic mass is 16.5. The number of hydrogen-bond acceptors (Lipinski definition) is 2. The van der Waals surface area contributed by atoms with Crippen molar-refractivity contribution < 1.29 is 9.53 Å². The lowest BCUT2D eigenvalue weighted by molar-refractivity contribution is -0.123. The van der Waals surface area contributed by atoms with Crippen LogP contribution in [0.25, 0.3) is 0 Å². The van der Waals surface area contributed by atoms with Crippen molar-refractivity contribution in [3.05, 3.63) is 65.7 Å². The smallest absolute Gasteiger partial charge is 0.257 e. The number of para-hydroxylation sites is 1. The highest BCUT2D eigenvalue weighted by Gasteiger charge is 2.10. The number of amides is 1. The zero-order chi connectivity index (χ0) is 16.5. The Labute approximate surface area is 138 Å². The van der Waals surface area contributed by atoms with Crippen LogP contribution in [0.3, 0.4) is 0 Å². The molecule has 122 valence electrons. The summed E-state index contributed by atoms with van der Waals surface area (Å²) in [5.74, 6) is 1.15. The Balaban J connectivity index is 1.78. The van der Waals surface area contributed by atoms with Gasteiger partial charge < -0.3 is 10.1 Å². The molecule has 2 rings (SSSR count). The van der Waals surface area contributed by atoms with E-state index in [4.69, 9.17) is 4.74 Å². The third-order valence-electron chi connectivity index (χ3n) is 4.00. The van der Waals surface area contributed by atoms with Crippen LogP contribution in [0.2, 0.25) is 0 Å². The summed E-state index contributed by atoms with van der Waals surface area (Å²) in [5.41, 5.74) is 2.38. The van der Waals surface area contributed by atoms with E-state index < -0.39 is 0 Å². The van der Waals surface area contributed by atoms with Crippen LogP contribution in [-0.2, 0) is 11.2 Å². The van der Waals surface area contributed by atoms with E-state index in [0.717, 1.165) is 24.2 Å². The number of nitrogens with one attached hydrogen (secondary N) is 1. The highest BCUT2D eigenvalue weighted by Crippen LogP contribution is 2.28. The van der Waals surface area contributed by atoms with Gasteiger partial charge in [-0.3, -0.25) is 4.79 Å². The standard InChI is InChI=1S/C20H25NO2/c1-3-16(2)18-11-7-8-12-19(18)23-15-20(22)21-14-13-17-9-5-4-6-10-17/h4-12,16H,3,13-15H2,1-2H3,(H,21,22). The summed E-state index contributed by atoms with van der Waals surface area (Å²) in [7, 11) is 0. The van der Waals surface area contributed by atoms with Gasteiger partial charge in [0.05, 0.1) is 0 Å². The quantitative estimate of drug-likeness (QED) is 0.802. The van der Waals surface area contributed by atoms with Gasteiger partial charge in [-0.2, -0.15) is 0 Å². The van der Waals surface area contributed by atoms with Crippen molar-refractivity contribution in [2.24, 2.45) is 0 Å². The fourth-order valence-electron chi connectivity index (χ4n) is 2.42. The van der Waals surface area contributed by atoms with E-state index in [1.807, 2.05) is 36.4 Å². The lowest BCUT2D eigenvalue weighted by Crippen LogP contribution is -2.30. The third kappa shape index (κ3) is 5.44. The molecule has 2 aromatic rings. The lowest BCUT2D eigenvalue weighted by Gasteiger charge is -2.15. The Hall–Kier alpha value is -2.29. The van der Waals surface area contributed by atoms with E-state index in [1.54, 1.807) is 0 Å². The van der Waals surface area contributed by atoms with E-state index >= 15 is 0 Å². The Bertz CT molecular complexity index is 610. The van der Waals surface area contributed by atoms with Crippen molar-refractivity contribution in [1.29, 1.82) is 0 Å². The molecule has 0 aliphatic heterocycles. The lowest BCUT2D eigenvalue weighted by atomic mass is 9.98. The summed E-state index contributed by atoms with van der Waals surface area (Å²) < 4.78 is 5.71.